The molecule has 1 saturated carbocycles. The van der Waals surface area contributed by atoms with E-state index < -0.39 is 11.5 Å². The lowest BCUT2D eigenvalue weighted by molar-refractivity contribution is -0.124. The Morgan fingerprint density at radius 2 is 2.00 bits per heavy atom. The van der Waals surface area contributed by atoms with Gasteiger partial charge in [-0.15, -0.1) is 0 Å². The average Bonchev–Trinajstić information content (AvgIpc) is 2.98. The number of amides is 1. The molecule has 1 atom stereocenters. The average molecular weight is 443 g/mol. The van der Waals surface area contributed by atoms with E-state index in [1.807, 2.05) is 26.0 Å². The number of carbonyl (C=O) groups excluding carboxylic acids is 1. The number of carbonyl (C=O) groups is 1. The fourth-order valence-electron chi connectivity index (χ4n) is 4.25. The molecule has 0 saturated heterocycles. The van der Waals surface area contributed by atoms with Crippen LogP contribution in [-0.2, 0) is 16.8 Å². The summed E-state index contributed by atoms with van der Waals surface area (Å²) >= 11 is 6.49. The molecule has 2 aromatic rings. The van der Waals surface area contributed by atoms with Crippen molar-refractivity contribution in [2.45, 2.75) is 63.6 Å². The van der Waals surface area contributed by atoms with Gasteiger partial charge in [0.2, 0.25) is 5.91 Å². The molecular formula is C22H27ClN6O2. The molecule has 1 aromatic carbocycles. The minimum atomic E-state index is -0.656. The van der Waals surface area contributed by atoms with Gasteiger partial charge in [-0.05, 0) is 31.2 Å². The molecule has 5 N–H and O–H groups in total. The monoisotopic (exact) mass is 442 g/mol. The van der Waals surface area contributed by atoms with E-state index in [0.717, 1.165) is 24.8 Å². The molecule has 2 heterocycles. The molecule has 0 spiro atoms. The Morgan fingerprint density at radius 3 is 2.58 bits per heavy atom. The molecule has 1 aromatic heterocycles. The number of aromatic nitrogens is 2. The molecule has 0 radical (unpaired) electrons. The summed E-state index contributed by atoms with van der Waals surface area (Å²) in [6.07, 6.45) is 3.59. The van der Waals surface area contributed by atoms with E-state index in [1.165, 1.54) is 4.57 Å². The number of benzene rings is 1. The van der Waals surface area contributed by atoms with E-state index in [-0.39, 0.29) is 34.3 Å². The van der Waals surface area contributed by atoms with Crippen LogP contribution in [0.1, 0.15) is 62.4 Å². The first-order valence-corrected chi connectivity index (χ1v) is 10.9. The van der Waals surface area contributed by atoms with Gasteiger partial charge in [-0.1, -0.05) is 49.7 Å². The van der Waals surface area contributed by atoms with Crippen molar-refractivity contribution in [1.82, 2.24) is 14.9 Å². The summed E-state index contributed by atoms with van der Waals surface area (Å²) in [4.78, 5) is 30.7. The minimum Gasteiger partial charge on any atom is -0.384 e. The van der Waals surface area contributed by atoms with Crippen LogP contribution >= 0.6 is 11.6 Å². The second-order valence-electron chi connectivity index (χ2n) is 8.98. The first-order valence-electron chi connectivity index (χ1n) is 10.5. The van der Waals surface area contributed by atoms with Gasteiger partial charge in [-0.25, -0.2) is 4.98 Å². The van der Waals surface area contributed by atoms with Gasteiger partial charge in [0, 0.05) is 23.6 Å². The Morgan fingerprint density at radius 1 is 1.32 bits per heavy atom. The number of fused-ring (bicyclic) bond motifs is 1. The number of nitrogens with zero attached hydrogens (tertiary/aromatic N) is 2. The lowest BCUT2D eigenvalue weighted by Gasteiger charge is -2.27. The zero-order valence-corrected chi connectivity index (χ0v) is 18.4. The minimum absolute atomic E-state index is 0.00319. The number of amidine groups is 1. The molecule has 8 nitrogen and oxygen atoms in total. The van der Waals surface area contributed by atoms with Crippen LogP contribution in [0.4, 0.5) is 5.82 Å². The van der Waals surface area contributed by atoms with E-state index >= 15 is 0 Å². The summed E-state index contributed by atoms with van der Waals surface area (Å²) in [7, 11) is 0. The van der Waals surface area contributed by atoms with E-state index in [2.05, 4.69) is 15.6 Å². The fourth-order valence-corrected chi connectivity index (χ4v) is 4.68. The highest BCUT2D eigenvalue weighted by atomic mass is 35.5. The maximum Gasteiger partial charge on any atom is 0.294 e. The van der Waals surface area contributed by atoms with Gasteiger partial charge in [0.1, 0.15) is 11.9 Å². The lowest BCUT2D eigenvalue weighted by atomic mass is 9.87. The molecule has 0 unspecified atom stereocenters. The Labute approximate surface area is 185 Å². The van der Waals surface area contributed by atoms with Crippen LogP contribution in [0.5, 0.6) is 0 Å². The third-order valence-corrected chi connectivity index (χ3v) is 6.47. The van der Waals surface area contributed by atoms with Crippen molar-refractivity contribution >= 4 is 29.2 Å². The van der Waals surface area contributed by atoms with Crippen molar-refractivity contribution in [1.29, 1.82) is 5.41 Å². The summed E-state index contributed by atoms with van der Waals surface area (Å²) in [5.74, 6) is -0.0215. The van der Waals surface area contributed by atoms with Crippen LogP contribution in [0.3, 0.4) is 0 Å². The lowest BCUT2D eigenvalue weighted by Crippen LogP contribution is -2.38. The molecule has 4 rings (SSSR count). The third-order valence-electron chi connectivity index (χ3n) is 6.20. The van der Waals surface area contributed by atoms with E-state index in [4.69, 9.17) is 22.7 Å². The zero-order valence-electron chi connectivity index (χ0n) is 17.7. The number of anilines is 1. The highest BCUT2D eigenvalue weighted by molar-refractivity contribution is 6.30. The third kappa shape index (κ3) is 4.04. The molecular weight excluding hydrogens is 416 g/mol. The van der Waals surface area contributed by atoms with Crippen molar-refractivity contribution in [2.75, 3.05) is 5.32 Å². The number of halogens is 1. The number of hydrogen-bond donors (Lipinski definition) is 4. The molecule has 1 amide bonds. The Bertz CT molecular complexity index is 1090. The van der Waals surface area contributed by atoms with Crippen LogP contribution in [0.2, 0.25) is 5.15 Å². The van der Waals surface area contributed by atoms with Crippen molar-refractivity contribution in [2.24, 2.45) is 5.73 Å². The van der Waals surface area contributed by atoms with Gasteiger partial charge in [-0.2, -0.15) is 0 Å². The quantitative estimate of drug-likeness (QED) is 0.404. The van der Waals surface area contributed by atoms with Crippen molar-refractivity contribution in [3.05, 3.63) is 56.6 Å². The molecule has 164 valence electrons. The Hall–Kier alpha value is -2.87. The summed E-state index contributed by atoms with van der Waals surface area (Å²) < 4.78 is 1.52. The predicted molar refractivity (Wildman–Crippen MR) is 121 cm³/mol. The van der Waals surface area contributed by atoms with Gasteiger partial charge >= 0.3 is 0 Å². The number of hydrogen-bond acceptors (Lipinski definition) is 5. The smallest absolute Gasteiger partial charge is 0.294 e. The van der Waals surface area contributed by atoms with Gasteiger partial charge in [0.25, 0.3) is 5.56 Å². The maximum absolute atomic E-state index is 13.2. The first-order chi connectivity index (χ1) is 14.7. The SMILES string of the molecule is CC1(C)C[C@@H](C(=O)NCc2ccc(C(=N)N)cc2)n2c1c(Cl)nc(NC1CCC1)c2=O. The van der Waals surface area contributed by atoms with Crippen molar-refractivity contribution in [3.63, 3.8) is 0 Å². The van der Waals surface area contributed by atoms with Crippen molar-refractivity contribution in [3.8, 4) is 0 Å². The topological polar surface area (TPSA) is 126 Å². The van der Waals surface area contributed by atoms with E-state index in [9.17, 15) is 9.59 Å². The van der Waals surface area contributed by atoms with Crippen molar-refractivity contribution < 1.29 is 4.79 Å². The fraction of sp³-hybridized carbons (Fsp3) is 0.455. The van der Waals surface area contributed by atoms with Crippen LogP contribution in [0.25, 0.3) is 0 Å². The highest BCUT2D eigenvalue weighted by Crippen LogP contribution is 2.43. The second-order valence-corrected chi connectivity index (χ2v) is 9.34. The second kappa shape index (κ2) is 8.00. The highest BCUT2D eigenvalue weighted by Gasteiger charge is 2.44. The molecule has 1 aliphatic carbocycles. The molecule has 31 heavy (non-hydrogen) atoms. The van der Waals surface area contributed by atoms with Gasteiger partial charge in [-0.3, -0.25) is 19.6 Å². The van der Waals surface area contributed by atoms with E-state index in [0.29, 0.717) is 24.2 Å². The number of nitrogens with one attached hydrogen (secondary N) is 3. The molecule has 0 bridgehead atoms. The van der Waals surface area contributed by atoms with Crippen LogP contribution in [0, 0.1) is 5.41 Å². The normalized spacial score (nSPS) is 19.4. The van der Waals surface area contributed by atoms with Crippen LogP contribution in [0.15, 0.2) is 29.1 Å². The number of nitrogens with two attached hydrogens (primary N) is 1. The van der Waals surface area contributed by atoms with Crippen LogP contribution in [-0.4, -0.2) is 27.3 Å². The summed E-state index contributed by atoms with van der Waals surface area (Å²) in [5.41, 5.74) is 6.83. The van der Waals surface area contributed by atoms with Gasteiger partial charge < -0.3 is 16.4 Å². The maximum atomic E-state index is 13.2. The number of nitrogen functional groups attached to an aromatic ring is 1. The predicted octanol–water partition coefficient (Wildman–Crippen LogP) is 2.68. The van der Waals surface area contributed by atoms with E-state index in [1.54, 1.807) is 12.1 Å². The largest absolute Gasteiger partial charge is 0.384 e. The molecule has 1 fully saturated rings. The zero-order chi connectivity index (χ0) is 22.3. The Balaban J connectivity index is 1.57. The number of rotatable bonds is 6. The van der Waals surface area contributed by atoms with Gasteiger partial charge in [0.05, 0.1) is 5.69 Å². The standard InChI is InChI=1S/C22H27ClN6O2/c1-22(2)10-15(20(30)26-11-12-6-8-13(9-7-12)18(24)25)29-16(22)17(23)28-19(21(29)31)27-14-4-3-5-14/h6-9,14-15H,3-5,10-11H2,1-2H3,(H3,24,25)(H,26,30)(H,27,28)/t15-/m0/s1. The van der Waals surface area contributed by atoms with Gasteiger partial charge in [0.15, 0.2) is 11.0 Å². The summed E-state index contributed by atoms with van der Waals surface area (Å²) in [6, 6.07) is 6.69. The Kier molecular flexibility index (Phi) is 5.51. The molecule has 2 aliphatic rings. The van der Waals surface area contributed by atoms with Crippen LogP contribution < -0.4 is 21.9 Å². The summed E-state index contributed by atoms with van der Waals surface area (Å²) in [6.45, 7) is 4.25. The molecule has 9 heteroatoms. The summed E-state index contributed by atoms with van der Waals surface area (Å²) in [5, 5.41) is 13.8. The molecule has 1 aliphatic heterocycles. The first kappa shape index (κ1) is 21.4.